The molecule has 0 heterocycles. The van der Waals surface area contributed by atoms with E-state index >= 15 is 0 Å². The molecule has 126 valence electrons. The summed E-state index contributed by atoms with van der Waals surface area (Å²) in [5.41, 5.74) is 2.61. The van der Waals surface area contributed by atoms with Crippen molar-refractivity contribution in [2.24, 2.45) is 0 Å². The summed E-state index contributed by atoms with van der Waals surface area (Å²) >= 11 is 12.0. The molecule has 6 heteroatoms. The summed E-state index contributed by atoms with van der Waals surface area (Å²) in [7, 11) is 0. The summed E-state index contributed by atoms with van der Waals surface area (Å²) in [5, 5.41) is 3.59. The van der Waals surface area contributed by atoms with Gasteiger partial charge in [0.2, 0.25) is 11.8 Å². The second-order valence-electron chi connectivity index (χ2n) is 5.46. The molecule has 0 unspecified atom stereocenters. The Bertz CT molecular complexity index is 745. The third-order valence-electron chi connectivity index (χ3n) is 3.49. The number of anilines is 1. The van der Waals surface area contributed by atoms with Crippen molar-refractivity contribution >= 4 is 40.7 Å². The molecule has 0 saturated heterocycles. The maximum absolute atomic E-state index is 12.2. The number of benzene rings is 2. The molecule has 2 amide bonds. The van der Waals surface area contributed by atoms with Crippen molar-refractivity contribution in [2.75, 3.05) is 11.4 Å². The molecule has 0 spiro atoms. The summed E-state index contributed by atoms with van der Waals surface area (Å²) in [6.45, 7) is 3.68. The first-order valence-electron chi connectivity index (χ1n) is 7.42. The first-order chi connectivity index (χ1) is 11.4. The normalized spacial score (nSPS) is 10.3. The molecule has 1 N–H and O–H groups in total. The maximum atomic E-state index is 12.2. The van der Waals surface area contributed by atoms with Gasteiger partial charge in [0.1, 0.15) is 6.54 Å². The minimum absolute atomic E-state index is 0.109. The zero-order valence-electron chi connectivity index (χ0n) is 13.5. The molecular weight excluding hydrogens is 347 g/mol. The van der Waals surface area contributed by atoms with Gasteiger partial charge in [-0.2, -0.15) is 0 Å². The average Bonchev–Trinajstić information content (AvgIpc) is 2.52. The van der Waals surface area contributed by atoms with E-state index in [9.17, 15) is 9.59 Å². The standard InChI is InChI=1S/C18H18Cl2N2O2/c1-12-3-5-14(6-4-12)10-21-18(24)11-22(13(2)23)17-8-7-15(19)9-16(17)20/h3-9H,10-11H2,1-2H3,(H,21,24). The van der Waals surface area contributed by atoms with E-state index in [1.165, 1.54) is 11.8 Å². The number of halogens is 2. The van der Waals surface area contributed by atoms with Crippen LogP contribution in [-0.2, 0) is 16.1 Å². The summed E-state index contributed by atoms with van der Waals surface area (Å²) in [6, 6.07) is 12.7. The molecule has 0 aliphatic rings. The summed E-state index contributed by atoms with van der Waals surface area (Å²) < 4.78 is 0. The van der Waals surface area contributed by atoms with Crippen molar-refractivity contribution in [3.63, 3.8) is 0 Å². The summed E-state index contributed by atoms with van der Waals surface area (Å²) in [4.78, 5) is 25.4. The van der Waals surface area contributed by atoms with Crippen LogP contribution in [0.25, 0.3) is 0 Å². The average molecular weight is 365 g/mol. The van der Waals surface area contributed by atoms with Crippen molar-refractivity contribution in [3.05, 3.63) is 63.6 Å². The van der Waals surface area contributed by atoms with Crippen LogP contribution in [0, 0.1) is 6.92 Å². The summed E-state index contributed by atoms with van der Waals surface area (Å²) in [6.07, 6.45) is 0. The number of carbonyl (C=O) groups is 2. The number of carbonyl (C=O) groups excluding carboxylic acids is 2. The molecule has 0 aliphatic heterocycles. The van der Waals surface area contributed by atoms with Crippen LogP contribution in [-0.4, -0.2) is 18.4 Å². The lowest BCUT2D eigenvalue weighted by Crippen LogP contribution is -2.39. The fourth-order valence-electron chi connectivity index (χ4n) is 2.17. The maximum Gasteiger partial charge on any atom is 0.240 e. The minimum Gasteiger partial charge on any atom is -0.350 e. The second-order valence-corrected chi connectivity index (χ2v) is 6.31. The fraction of sp³-hybridized carbons (Fsp3) is 0.222. The van der Waals surface area contributed by atoms with E-state index in [-0.39, 0.29) is 18.4 Å². The van der Waals surface area contributed by atoms with Crippen molar-refractivity contribution in [1.82, 2.24) is 5.32 Å². The van der Waals surface area contributed by atoms with Crippen molar-refractivity contribution < 1.29 is 9.59 Å². The predicted molar refractivity (Wildman–Crippen MR) is 97.5 cm³/mol. The van der Waals surface area contributed by atoms with Crippen molar-refractivity contribution in [2.45, 2.75) is 20.4 Å². The Morgan fingerprint density at radius 3 is 2.33 bits per heavy atom. The van der Waals surface area contributed by atoms with E-state index in [0.29, 0.717) is 22.3 Å². The molecule has 2 aromatic rings. The van der Waals surface area contributed by atoms with Gasteiger partial charge in [-0.05, 0) is 30.7 Å². The van der Waals surface area contributed by atoms with Crippen LogP contribution in [0.4, 0.5) is 5.69 Å². The first-order valence-corrected chi connectivity index (χ1v) is 8.18. The molecule has 24 heavy (non-hydrogen) atoms. The topological polar surface area (TPSA) is 49.4 Å². The molecule has 0 fully saturated rings. The highest BCUT2D eigenvalue weighted by molar-refractivity contribution is 6.36. The highest BCUT2D eigenvalue weighted by Crippen LogP contribution is 2.28. The number of rotatable bonds is 5. The van der Waals surface area contributed by atoms with E-state index < -0.39 is 0 Å². The molecule has 0 radical (unpaired) electrons. The van der Waals surface area contributed by atoms with E-state index in [1.807, 2.05) is 31.2 Å². The van der Waals surface area contributed by atoms with E-state index in [0.717, 1.165) is 11.1 Å². The molecule has 0 bridgehead atoms. The molecule has 4 nitrogen and oxygen atoms in total. The van der Waals surface area contributed by atoms with Gasteiger partial charge < -0.3 is 10.2 Å². The number of hydrogen-bond acceptors (Lipinski definition) is 2. The Kier molecular flexibility index (Phi) is 6.23. The lowest BCUT2D eigenvalue weighted by atomic mass is 10.1. The SMILES string of the molecule is CC(=O)N(CC(=O)NCc1ccc(C)cc1)c1ccc(Cl)cc1Cl. The number of nitrogens with zero attached hydrogens (tertiary/aromatic N) is 1. The Morgan fingerprint density at radius 2 is 1.75 bits per heavy atom. The minimum atomic E-state index is -0.273. The third kappa shape index (κ3) is 4.98. The zero-order valence-corrected chi connectivity index (χ0v) is 15.0. The molecule has 2 aromatic carbocycles. The molecule has 0 aromatic heterocycles. The second kappa shape index (κ2) is 8.18. The Morgan fingerprint density at radius 1 is 1.08 bits per heavy atom. The van der Waals surface area contributed by atoms with Gasteiger partial charge >= 0.3 is 0 Å². The van der Waals surface area contributed by atoms with Gasteiger partial charge in [-0.1, -0.05) is 53.0 Å². The molecular formula is C18H18Cl2N2O2. The van der Waals surface area contributed by atoms with Crippen molar-refractivity contribution in [1.29, 1.82) is 0 Å². The van der Waals surface area contributed by atoms with Crippen LogP contribution >= 0.6 is 23.2 Å². The Labute approximate surface area is 151 Å². The first kappa shape index (κ1) is 18.3. The van der Waals surface area contributed by atoms with E-state index in [2.05, 4.69) is 5.32 Å². The van der Waals surface area contributed by atoms with Crippen LogP contribution < -0.4 is 10.2 Å². The van der Waals surface area contributed by atoms with Crippen LogP contribution in [0.2, 0.25) is 10.0 Å². The quantitative estimate of drug-likeness (QED) is 0.872. The highest BCUT2D eigenvalue weighted by Gasteiger charge is 2.18. The fourth-order valence-corrected chi connectivity index (χ4v) is 2.68. The lowest BCUT2D eigenvalue weighted by molar-refractivity contribution is -0.123. The largest absolute Gasteiger partial charge is 0.350 e. The number of hydrogen-bond donors (Lipinski definition) is 1. The zero-order chi connectivity index (χ0) is 17.7. The number of nitrogens with one attached hydrogen (secondary N) is 1. The smallest absolute Gasteiger partial charge is 0.240 e. The van der Waals surface area contributed by atoms with E-state index in [4.69, 9.17) is 23.2 Å². The Balaban J connectivity index is 2.03. The Hall–Kier alpha value is -2.04. The number of amides is 2. The highest BCUT2D eigenvalue weighted by atomic mass is 35.5. The van der Waals surface area contributed by atoms with Gasteiger partial charge in [-0.25, -0.2) is 0 Å². The molecule has 0 atom stereocenters. The monoisotopic (exact) mass is 364 g/mol. The van der Waals surface area contributed by atoms with Gasteiger partial charge in [-0.15, -0.1) is 0 Å². The van der Waals surface area contributed by atoms with Crippen LogP contribution in [0.3, 0.4) is 0 Å². The van der Waals surface area contributed by atoms with Crippen LogP contribution in [0.5, 0.6) is 0 Å². The molecule has 0 saturated carbocycles. The van der Waals surface area contributed by atoms with Crippen LogP contribution in [0.1, 0.15) is 18.1 Å². The predicted octanol–water partition coefficient (Wildman–Crippen LogP) is 3.97. The lowest BCUT2D eigenvalue weighted by Gasteiger charge is -2.22. The van der Waals surface area contributed by atoms with Crippen molar-refractivity contribution in [3.8, 4) is 0 Å². The van der Waals surface area contributed by atoms with E-state index in [1.54, 1.807) is 18.2 Å². The molecule has 2 rings (SSSR count). The van der Waals surface area contributed by atoms with Gasteiger partial charge in [0.15, 0.2) is 0 Å². The molecule has 0 aliphatic carbocycles. The number of aryl methyl sites for hydroxylation is 1. The van der Waals surface area contributed by atoms with Gasteiger partial charge in [-0.3, -0.25) is 9.59 Å². The third-order valence-corrected chi connectivity index (χ3v) is 4.03. The van der Waals surface area contributed by atoms with Gasteiger partial charge in [0.05, 0.1) is 10.7 Å². The van der Waals surface area contributed by atoms with Gasteiger partial charge in [0, 0.05) is 18.5 Å². The van der Waals surface area contributed by atoms with Crippen LogP contribution in [0.15, 0.2) is 42.5 Å². The summed E-state index contributed by atoms with van der Waals surface area (Å²) in [5.74, 6) is -0.540. The van der Waals surface area contributed by atoms with Gasteiger partial charge in [0.25, 0.3) is 0 Å².